The van der Waals surface area contributed by atoms with Gasteiger partial charge in [-0.15, -0.1) is 0 Å². The van der Waals surface area contributed by atoms with Gasteiger partial charge in [-0.2, -0.15) is 0 Å². The number of amides is 2. The average Bonchev–Trinajstić information content (AvgIpc) is 2.82. The molecule has 8 bridgehead atoms. The molecule has 2 N–H and O–H groups in total. The first-order chi connectivity index (χ1) is 18.5. The third kappa shape index (κ3) is 6.54. The molecule has 0 atom stereocenters. The maximum atomic E-state index is 12.5. The van der Waals surface area contributed by atoms with E-state index in [1.165, 1.54) is 96.3 Å². The number of unbranched alkanes of at least 4 members (excludes halogenated alkanes) is 8. The van der Waals surface area contributed by atoms with Crippen LogP contribution in [0.1, 0.15) is 141 Å². The summed E-state index contributed by atoms with van der Waals surface area (Å²) in [6.45, 7) is 0.803. The van der Waals surface area contributed by atoms with Gasteiger partial charge in [0.05, 0.1) is 0 Å². The monoisotopic (exact) mass is 526 g/mol. The first-order valence-corrected chi connectivity index (χ1v) is 16.7. The molecular formula is C33H54N2O3. The van der Waals surface area contributed by atoms with Gasteiger partial charge in [-0.25, -0.2) is 4.79 Å². The van der Waals surface area contributed by atoms with E-state index in [-0.39, 0.29) is 23.1 Å². The van der Waals surface area contributed by atoms with Crippen LogP contribution in [0.3, 0.4) is 0 Å². The number of ether oxygens (including phenoxy) is 1. The van der Waals surface area contributed by atoms with Crippen molar-refractivity contribution in [3.63, 3.8) is 0 Å². The highest BCUT2D eigenvalue weighted by atomic mass is 16.6. The molecule has 8 fully saturated rings. The number of hydrogen-bond donors (Lipinski definition) is 2. The lowest BCUT2D eigenvalue weighted by Gasteiger charge is -2.56. The molecule has 8 aliphatic carbocycles. The van der Waals surface area contributed by atoms with E-state index in [9.17, 15) is 9.59 Å². The highest BCUT2D eigenvalue weighted by Gasteiger charge is 2.53. The van der Waals surface area contributed by atoms with Gasteiger partial charge in [-0.3, -0.25) is 4.79 Å². The summed E-state index contributed by atoms with van der Waals surface area (Å²) in [5.74, 6) is 5.19. The summed E-state index contributed by atoms with van der Waals surface area (Å²) in [6, 6.07) is 0.0776. The van der Waals surface area contributed by atoms with Crippen LogP contribution in [-0.2, 0) is 9.53 Å². The standard InChI is InChI=1S/C33H54N2O3/c36-30(38-33-21-27-15-28(22-33)17-29(16-27)23-33)10-8-6-4-2-1-3-5-7-9-11-34-31(37)35-32-18-24-12-25(19-32)14-26(13-24)20-32/h24-29H,1-23H2,(H2,34,35,37). The molecule has 2 amide bonds. The summed E-state index contributed by atoms with van der Waals surface area (Å²) < 4.78 is 6.15. The Hall–Kier alpha value is -1.26. The van der Waals surface area contributed by atoms with Gasteiger partial charge in [0.2, 0.25) is 0 Å². The van der Waals surface area contributed by atoms with Gasteiger partial charge in [0, 0.05) is 18.5 Å². The number of carbonyl (C=O) groups is 2. The molecule has 0 heterocycles. The topological polar surface area (TPSA) is 67.4 Å². The molecule has 0 aromatic rings. The molecule has 214 valence electrons. The number of hydrogen-bond acceptors (Lipinski definition) is 3. The van der Waals surface area contributed by atoms with Gasteiger partial charge in [-0.05, 0) is 125 Å². The van der Waals surface area contributed by atoms with E-state index in [2.05, 4.69) is 10.6 Å². The van der Waals surface area contributed by atoms with Crippen LogP contribution in [0.5, 0.6) is 0 Å². The first kappa shape index (κ1) is 26.9. The highest BCUT2D eigenvalue weighted by molar-refractivity contribution is 5.74. The van der Waals surface area contributed by atoms with E-state index in [1.54, 1.807) is 0 Å². The van der Waals surface area contributed by atoms with Crippen LogP contribution in [0.15, 0.2) is 0 Å². The predicted octanol–water partition coefficient (Wildman–Crippen LogP) is 7.67. The Labute approximate surface area is 231 Å². The van der Waals surface area contributed by atoms with Gasteiger partial charge in [0.1, 0.15) is 5.60 Å². The third-order valence-electron chi connectivity index (χ3n) is 11.6. The fraction of sp³-hybridized carbons (Fsp3) is 0.939. The Kier molecular flexibility index (Phi) is 8.29. The van der Waals surface area contributed by atoms with Crippen LogP contribution in [0, 0.1) is 35.5 Å². The summed E-state index contributed by atoms with van der Waals surface area (Å²) in [7, 11) is 0. The van der Waals surface area contributed by atoms with Crippen molar-refractivity contribution in [1.82, 2.24) is 10.6 Å². The minimum absolute atomic E-state index is 0.0699. The second-order valence-corrected chi connectivity index (χ2v) is 15.1. The van der Waals surface area contributed by atoms with Crippen LogP contribution in [0.2, 0.25) is 0 Å². The molecule has 0 saturated heterocycles. The molecule has 0 aromatic carbocycles. The van der Waals surface area contributed by atoms with E-state index in [1.807, 2.05) is 0 Å². The molecule has 8 aliphatic rings. The average molecular weight is 527 g/mol. The predicted molar refractivity (Wildman–Crippen MR) is 151 cm³/mol. The Bertz CT molecular complexity index is 700. The van der Waals surface area contributed by atoms with Crippen molar-refractivity contribution in [1.29, 1.82) is 0 Å². The molecule has 5 heteroatoms. The molecule has 0 aromatic heterocycles. The first-order valence-electron chi connectivity index (χ1n) is 16.7. The Morgan fingerprint density at radius 2 is 1.00 bits per heavy atom. The van der Waals surface area contributed by atoms with Gasteiger partial charge >= 0.3 is 12.0 Å². The summed E-state index contributed by atoms with van der Waals surface area (Å²) in [5.41, 5.74) is 0.0488. The van der Waals surface area contributed by atoms with Crippen LogP contribution >= 0.6 is 0 Å². The quantitative estimate of drug-likeness (QED) is 0.180. The van der Waals surface area contributed by atoms with Crippen LogP contribution < -0.4 is 10.6 Å². The van der Waals surface area contributed by atoms with Gasteiger partial charge < -0.3 is 15.4 Å². The molecule has 0 unspecified atom stereocenters. The Morgan fingerprint density at radius 3 is 1.50 bits per heavy atom. The molecule has 5 nitrogen and oxygen atoms in total. The number of esters is 1. The zero-order valence-corrected chi connectivity index (χ0v) is 24.0. The van der Waals surface area contributed by atoms with Gasteiger partial charge in [-0.1, -0.05) is 44.9 Å². The number of nitrogens with one attached hydrogen (secondary N) is 2. The smallest absolute Gasteiger partial charge is 0.315 e. The lowest BCUT2D eigenvalue weighted by atomic mass is 9.53. The third-order valence-corrected chi connectivity index (χ3v) is 11.6. The maximum absolute atomic E-state index is 12.5. The molecule has 8 rings (SSSR count). The number of carbonyl (C=O) groups excluding carboxylic acids is 2. The molecule has 0 aliphatic heterocycles. The van der Waals surface area contributed by atoms with E-state index >= 15 is 0 Å². The molecule has 0 radical (unpaired) electrons. The van der Waals surface area contributed by atoms with Crippen molar-refractivity contribution in [2.45, 2.75) is 152 Å². The Morgan fingerprint density at radius 1 is 0.579 bits per heavy atom. The van der Waals surface area contributed by atoms with Gasteiger partial charge in [0.25, 0.3) is 0 Å². The van der Waals surface area contributed by atoms with Crippen LogP contribution in [-0.4, -0.2) is 29.7 Å². The van der Waals surface area contributed by atoms with Crippen molar-refractivity contribution in [3.05, 3.63) is 0 Å². The van der Waals surface area contributed by atoms with Crippen LogP contribution in [0.25, 0.3) is 0 Å². The van der Waals surface area contributed by atoms with E-state index in [4.69, 9.17) is 4.74 Å². The zero-order valence-electron chi connectivity index (χ0n) is 24.0. The van der Waals surface area contributed by atoms with Gasteiger partial charge in [0.15, 0.2) is 0 Å². The normalized spacial score (nSPS) is 39.9. The zero-order chi connectivity index (χ0) is 26.0. The molecular weight excluding hydrogens is 472 g/mol. The second kappa shape index (κ2) is 11.7. The fourth-order valence-electron chi connectivity index (χ4n) is 10.8. The van der Waals surface area contributed by atoms with Crippen molar-refractivity contribution in [2.24, 2.45) is 35.5 Å². The van der Waals surface area contributed by atoms with Crippen molar-refractivity contribution < 1.29 is 14.3 Å². The molecule has 0 spiro atoms. The van der Waals surface area contributed by atoms with Crippen molar-refractivity contribution in [2.75, 3.05) is 6.54 Å². The Balaban J connectivity index is 0.738. The summed E-state index contributed by atoms with van der Waals surface area (Å²) in [5, 5.41) is 6.57. The SMILES string of the molecule is O=C(NCCCCCCCCCCCC(=O)OC12CC3CC(CC(C3)C1)C2)NC12CC3CC(CC(C3)C1)C2. The van der Waals surface area contributed by atoms with E-state index in [0.29, 0.717) is 6.42 Å². The fourth-order valence-corrected chi connectivity index (χ4v) is 10.8. The molecule has 8 saturated carbocycles. The summed E-state index contributed by atoms with van der Waals surface area (Å²) in [4.78, 5) is 25.1. The number of urea groups is 1. The van der Waals surface area contributed by atoms with Crippen molar-refractivity contribution >= 4 is 12.0 Å². The van der Waals surface area contributed by atoms with E-state index in [0.717, 1.165) is 80.6 Å². The minimum Gasteiger partial charge on any atom is -0.459 e. The van der Waals surface area contributed by atoms with Crippen LogP contribution in [0.4, 0.5) is 4.79 Å². The van der Waals surface area contributed by atoms with E-state index < -0.39 is 0 Å². The lowest BCUT2D eigenvalue weighted by molar-refractivity contribution is -0.186. The molecule has 38 heavy (non-hydrogen) atoms. The lowest BCUT2D eigenvalue weighted by Crippen LogP contribution is -2.61. The summed E-state index contributed by atoms with van der Waals surface area (Å²) in [6.07, 6.45) is 26.9. The highest BCUT2D eigenvalue weighted by Crippen LogP contribution is 2.57. The van der Waals surface area contributed by atoms with Crippen molar-refractivity contribution in [3.8, 4) is 0 Å². The number of rotatable bonds is 14. The maximum Gasteiger partial charge on any atom is 0.315 e. The minimum atomic E-state index is -0.0699. The second-order valence-electron chi connectivity index (χ2n) is 15.1. The largest absolute Gasteiger partial charge is 0.459 e. The summed E-state index contributed by atoms with van der Waals surface area (Å²) >= 11 is 0.